The molecule has 2 nitrogen and oxygen atoms in total. The highest BCUT2D eigenvalue weighted by Crippen LogP contribution is 2.42. The van der Waals surface area contributed by atoms with Crippen LogP contribution in [-0.2, 0) is 0 Å². The Morgan fingerprint density at radius 3 is 2.50 bits per heavy atom. The predicted octanol–water partition coefficient (Wildman–Crippen LogP) is 4.54. The van der Waals surface area contributed by atoms with Gasteiger partial charge >= 0.3 is 0 Å². The molecule has 1 aromatic heterocycles. The van der Waals surface area contributed by atoms with E-state index in [1.54, 1.807) is 0 Å². The minimum absolute atomic E-state index is 0.296. The lowest BCUT2D eigenvalue weighted by Gasteiger charge is -2.24. The van der Waals surface area contributed by atoms with Gasteiger partial charge in [0, 0.05) is 29.5 Å². The van der Waals surface area contributed by atoms with Gasteiger partial charge in [-0.25, -0.2) is 0 Å². The molecule has 104 valence electrons. The van der Waals surface area contributed by atoms with Gasteiger partial charge in [-0.2, -0.15) is 0 Å². The van der Waals surface area contributed by atoms with E-state index < -0.39 is 0 Å². The fourth-order valence-corrected chi connectivity index (χ4v) is 2.73. The fraction of sp³-hybridized carbons (Fsp3) is 0.353. The van der Waals surface area contributed by atoms with E-state index in [9.17, 15) is 0 Å². The summed E-state index contributed by atoms with van der Waals surface area (Å²) < 4.78 is 0. The van der Waals surface area contributed by atoms with Crippen LogP contribution in [0.2, 0.25) is 5.02 Å². The van der Waals surface area contributed by atoms with E-state index >= 15 is 0 Å². The Labute approximate surface area is 125 Å². The average molecular weight is 287 g/mol. The molecule has 0 radical (unpaired) electrons. The predicted molar refractivity (Wildman–Crippen MR) is 82.7 cm³/mol. The molecule has 1 fully saturated rings. The first-order valence-corrected chi connectivity index (χ1v) is 7.53. The van der Waals surface area contributed by atoms with Crippen molar-refractivity contribution >= 4 is 11.6 Å². The summed E-state index contributed by atoms with van der Waals surface area (Å²) in [4.78, 5) is 4.20. The van der Waals surface area contributed by atoms with E-state index in [2.05, 4.69) is 35.4 Å². The van der Waals surface area contributed by atoms with Crippen LogP contribution in [0.15, 0.2) is 48.8 Å². The minimum Gasteiger partial charge on any atom is -0.303 e. The molecule has 1 aliphatic carbocycles. The van der Waals surface area contributed by atoms with Gasteiger partial charge in [0.25, 0.3) is 0 Å². The van der Waals surface area contributed by atoms with Crippen molar-refractivity contribution in [3.8, 4) is 0 Å². The molecule has 1 aromatic carbocycles. The van der Waals surface area contributed by atoms with E-state index in [0.717, 1.165) is 10.9 Å². The monoisotopic (exact) mass is 286 g/mol. The Kier molecular flexibility index (Phi) is 4.04. The van der Waals surface area contributed by atoms with Crippen LogP contribution in [0.5, 0.6) is 0 Å². The van der Waals surface area contributed by atoms with Crippen LogP contribution in [0.4, 0.5) is 0 Å². The van der Waals surface area contributed by atoms with Gasteiger partial charge in [0.15, 0.2) is 0 Å². The van der Waals surface area contributed by atoms with Gasteiger partial charge in [-0.1, -0.05) is 29.8 Å². The summed E-state index contributed by atoms with van der Waals surface area (Å²) in [5.41, 5.74) is 2.56. The Bertz CT molecular complexity index is 549. The molecule has 1 aliphatic rings. The molecular weight excluding hydrogens is 268 g/mol. The van der Waals surface area contributed by atoms with Gasteiger partial charge in [-0.3, -0.25) is 4.98 Å². The molecule has 20 heavy (non-hydrogen) atoms. The van der Waals surface area contributed by atoms with Gasteiger partial charge in [0.05, 0.1) is 0 Å². The third-order valence-electron chi connectivity index (χ3n) is 3.94. The number of nitrogens with one attached hydrogen (secondary N) is 1. The van der Waals surface area contributed by atoms with Crippen molar-refractivity contribution in [2.24, 2.45) is 5.92 Å². The molecule has 2 atom stereocenters. The number of pyridine rings is 1. The Hall–Kier alpha value is -1.38. The molecular formula is C17H19ClN2. The molecule has 1 heterocycles. The lowest BCUT2D eigenvalue weighted by Crippen LogP contribution is -2.26. The largest absolute Gasteiger partial charge is 0.303 e. The van der Waals surface area contributed by atoms with Crippen LogP contribution < -0.4 is 5.32 Å². The third-order valence-corrected chi connectivity index (χ3v) is 4.19. The van der Waals surface area contributed by atoms with E-state index in [4.69, 9.17) is 11.6 Å². The second kappa shape index (κ2) is 5.94. The zero-order valence-corrected chi connectivity index (χ0v) is 12.3. The van der Waals surface area contributed by atoms with Crippen LogP contribution in [0.1, 0.15) is 43.0 Å². The van der Waals surface area contributed by atoms with Crippen molar-refractivity contribution in [1.29, 1.82) is 0 Å². The molecule has 2 aromatic rings. The number of hydrogen-bond donors (Lipinski definition) is 1. The standard InChI is InChI=1S/C17H19ClN2/c1-12(15-3-2-10-19-11-15)20-17(13-4-5-13)14-6-8-16(18)9-7-14/h2-3,6-13,17,20H,4-5H2,1H3/t12-,17?/m0/s1. The summed E-state index contributed by atoms with van der Waals surface area (Å²) in [5, 5.41) is 4.54. The first-order valence-electron chi connectivity index (χ1n) is 7.15. The Balaban J connectivity index is 1.76. The molecule has 0 aliphatic heterocycles. The van der Waals surface area contributed by atoms with Gasteiger partial charge in [-0.05, 0) is 55.0 Å². The highest BCUT2D eigenvalue weighted by atomic mass is 35.5. The third kappa shape index (κ3) is 3.20. The molecule has 1 N–H and O–H groups in total. The highest BCUT2D eigenvalue weighted by Gasteiger charge is 2.33. The second-order valence-electron chi connectivity index (χ2n) is 5.54. The summed E-state index contributed by atoms with van der Waals surface area (Å²) >= 11 is 5.98. The lowest BCUT2D eigenvalue weighted by atomic mass is 10.00. The number of nitrogens with zero attached hydrogens (tertiary/aromatic N) is 1. The number of rotatable bonds is 5. The van der Waals surface area contributed by atoms with Crippen molar-refractivity contribution in [3.63, 3.8) is 0 Å². The van der Waals surface area contributed by atoms with E-state index in [1.807, 2.05) is 30.6 Å². The van der Waals surface area contributed by atoms with E-state index in [-0.39, 0.29) is 0 Å². The van der Waals surface area contributed by atoms with Crippen molar-refractivity contribution in [2.45, 2.75) is 31.8 Å². The number of hydrogen-bond acceptors (Lipinski definition) is 2. The molecule has 0 spiro atoms. The maximum Gasteiger partial charge on any atom is 0.0406 e. The molecule has 0 bridgehead atoms. The quantitative estimate of drug-likeness (QED) is 0.873. The average Bonchev–Trinajstić information content (AvgIpc) is 3.31. The first kappa shape index (κ1) is 13.6. The van der Waals surface area contributed by atoms with Crippen molar-refractivity contribution in [1.82, 2.24) is 10.3 Å². The zero-order valence-electron chi connectivity index (χ0n) is 11.6. The SMILES string of the molecule is C[C@H](NC(c1ccc(Cl)cc1)C1CC1)c1cccnc1. The summed E-state index contributed by atoms with van der Waals surface area (Å²) in [7, 11) is 0. The number of aromatic nitrogens is 1. The van der Waals surface area contributed by atoms with Gasteiger partial charge < -0.3 is 5.32 Å². The van der Waals surface area contributed by atoms with Crippen LogP contribution in [0, 0.1) is 5.92 Å². The Morgan fingerprint density at radius 1 is 1.15 bits per heavy atom. The maximum absolute atomic E-state index is 5.98. The molecule has 3 rings (SSSR count). The lowest BCUT2D eigenvalue weighted by molar-refractivity contribution is 0.427. The molecule has 3 heteroatoms. The van der Waals surface area contributed by atoms with Crippen molar-refractivity contribution in [3.05, 3.63) is 64.9 Å². The minimum atomic E-state index is 0.296. The number of halogens is 1. The summed E-state index contributed by atoms with van der Waals surface area (Å²) in [6, 6.07) is 13.0. The van der Waals surface area contributed by atoms with Crippen molar-refractivity contribution < 1.29 is 0 Å². The van der Waals surface area contributed by atoms with E-state index in [1.165, 1.54) is 24.0 Å². The maximum atomic E-state index is 5.98. The number of benzene rings is 1. The fourth-order valence-electron chi connectivity index (χ4n) is 2.60. The van der Waals surface area contributed by atoms with Crippen LogP contribution in [0.3, 0.4) is 0 Å². The summed E-state index contributed by atoms with van der Waals surface area (Å²) in [6.45, 7) is 2.20. The highest BCUT2D eigenvalue weighted by molar-refractivity contribution is 6.30. The van der Waals surface area contributed by atoms with Gasteiger partial charge in [-0.15, -0.1) is 0 Å². The smallest absolute Gasteiger partial charge is 0.0406 e. The molecule has 1 saturated carbocycles. The van der Waals surface area contributed by atoms with Crippen LogP contribution >= 0.6 is 11.6 Å². The van der Waals surface area contributed by atoms with Gasteiger partial charge in [0.2, 0.25) is 0 Å². The summed E-state index contributed by atoms with van der Waals surface area (Å²) in [6.07, 6.45) is 6.36. The molecule has 0 saturated heterocycles. The van der Waals surface area contributed by atoms with Gasteiger partial charge in [0.1, 0.15) is 0 Å². The Morgan fingerprint density at radius 2 is 1.90 bits per heavy atom. The van der Waals surface area contributed by atoms with Crippen LogP contribution in [0.25, 0.3) is 0 Å². The zero-order chi connectivity index (χ0) is 13.9. The normalized spacial score (nSPS) is 17.7. The molecule has 1 unspecified atom stereocenters. The van der Waals surface area contributed by atoms with E-state index in [0.29, 0.717) is 12.1 Å². The summed E-state index contributed by atoms with van der Waals surface area (Å²) in [5.74, 6) is 0.746. The van der Waals surface area contributed by atoms with Crippen molar-refractivity contribution in [2.75, 3.05) is 0 Å². The second-order valence-corrected chi connectivity index (χ2v) is 5.98. The first-order chi connectivity index (χ1) is 9.74. The molecule has 0 amide bonds. The topological polar surface area (TPSA) is 24.9 Å². The van der Waals surface area contributed by atoms with Crippen LogP contribution in [-0.4, -0.2) is 4.98 Å².